The zero-order chi connectivity index (χ0) is 8.81. The predicted molar refractivity (Wildman–Crippen MR) is 52.1 cm³/mol. The van der Waals surface area contributed by atoms with E-state index in [0.29, 0.717) is 5.92 Å². The Hall–Kier alpha value is -1.11. The molecule has 0 amide bonds. The first-order valence-electron chi connectivity index (χ1n) is 4.36. The van der Waals surface area contributed by atoms with E-state index in [2.05, 4.69) is 30.1 Å². The summed E-state index contributed by atoms with van der Waals surface area (Å²) >= 11 is 0. The summed E-state index contributed by atoms with van der Waals surface area (Å²) in [6.07, 6.45) is 7.19. The highest BCUT2D eigenvalue weighted by Gasteiger charge is 2.02. The fourth-order valence-electron chi connectivity index (χ4n) is 1.13. The van der Waals surface area contributed by atoms with Crippen molar-refractivity contribution in [2.45, 2.75) is 26.2 Å². The molecule has 1 rings (SSSR count). The van der Waals surface area contributed by atoms with E-state index >= 15 is 0 Å². The SMILES string of the molecule is C/C=C/CC(C)c1ccccn1. The Morgan fingerprint density at radius 3 is 2.92 bits per heavy atom. The summed E-state index contributed by atoms with van der Waals surface area (Å²) in [5, 5.41) is 0. The molecule has 1 atom stereocenters. The van der Waals surface area contributed by atoms with E-state index in [0.717, 1.165) is 6.42 Å². The molecule has 0 aliphatic rings. The van der Waals surface area contributed by atoms with Crippen molar-refractivity contribution in [1.82, 2.24) is 4.98 Å². The molecule has 64 valence electrons. The van der Waals surface area contributed by atoms with Crippen molar-refractivity contribution < 1.29 is 0 Å². The first-order chi connectivity index (χ1) is 5.84. The third-order valence-electron chi connectivity index (χ3n) is 1.92. The van der Waals surface area contributed by atoms with Crippen molar-refractivity contribution in [1.29, 1.82) is 0 Å². The van der Waals surface area contributed by atoms with Gasteiger partial charge in [0.25, 0.3) is 0 Å². The van der Waals surface area contributed by atoms with Crippen LogP contribution in [-0.2, 0) is 0 Å². The molecule has 1 aromatic rings. The molecule has 0 saturated heterocycles. The summed E-state index contributed by atoms with van der Waals surface area (Å²) in [4.78, 5) is 4.30. The number of aromatic nitrogens is 1. The van der Waals surface area contributed by atoms with Crippen LogP contribution >= 0.6 is 0 Å². The lowest BCUT2D eigenvalue weighted by Gasteiger charge is -2.06. The molecule has 0 fully saturated rings. The number of hydrogen-bond donors (Lipinski definition) is 0. The van der Waals surface area contributed by atoms with Crippen molar-refractivity contribution in [2.24, 2.45) is 0 Å². The number of pyridine rings is 1. The summed E-state index contributed by atoms with van der Waals surface area (Å²) in [5.41, 5.74) is 1.18. The molecule has 0 spiro atoms. The fourth-order valence-corrected chi connectivity index (χ4v) is 1.13. The molecular weight excluding hydrogens is 146 g/mol. The van der Waals surface area contributed by atoms with E-state index in [4.69, 9.17) is 0 Å². The summed E-state index contributed by atoms with van der Waals surface area (Å²) in [7, 11) is 0. The van der Waals surface area contributed by atoms with Gasteiger partial charge in [0.15, 0.2) is 0 Å². The lowest BCUT2D eigenvalue weighted by molar-refractivity contribution is 0.749. The molecule has 1 unspecified atom stereocenters. The van der Waals surface area contributed by atoms with Crippen LogP contribution in [0.1, 0.15) is 31.9 Å². The number of allylic oxidation sites excluding steroid dienone is 2. The van der Waals surface area contributed by atoms with Gasteiger partial charge in [-0.25, -0.2) is 0 Å². The maximum absolute atomic E-state index is 4.30. The molecule has 0 saturated carbocycles. The molecule has 0 N–H and O–H groups in total. The molecule has 0 aromatic carbocycles. The van der Waals surface area contributed by atoms with E-state index in [-0.39, 0.29) is 0 Å². The lowest BCUT2D eigenvalue weighted by atomic mass is 10.0. The molecule has 1 heteroatoms. The van der Waals surface area contributed by atoms with Gasteiger partial charge in [-0.05, 0) is 25.5 Å². The number of rotatable bonds is 3. The first kappa shape index (κ1) is 8.98. The average Bonchev–Trinajstić information content (AvgIpc) is 2.15. The third-order valence-corrected chi connectivity index (χ3v) is 1.92. The van der Waals surface area contributed by atoms with Gasteiger partial charge in [-0.15, -0.1) is 0 Å². The molecule has 0 aliphatic heterocycles. The minimum atomic E-state index is 0.530. The topological polar surface area (TPSA) is 12.9 Å². The second kappa shape index (κ2) is 4.70. The van der Waals surface area contributed by atoms with Gasteiger partial charge >= 0.3 is 0 Å². The molecule has 12 heavy (non-hydrogen) atoms. The van der Waals surface area contributed by atoms with Crippen LogP contribution in [-0.4, -0.2) is 4.98 Å². The van der Waals surface area contributed by atoms with Gasteiger partial charge in [-0.2, -0.15) is 0 Å². The Balaban J connectivity index is 2.59. The highest BCUT2D eigenvalue weighted by molar-refractivity contribution is 5.09. The molecule has 1 nitrogen and oxygen atoms in total. The first-order valence-corrected chi connectivity index (χ1v) is 4.36. The molecule has 1 aromatic heterocycles. The van der Waals surface area contributed by atoms with Gasteiger partial charge in [-0.1, -0.05) is 25.1 Å². The smallest absolute Gasteiger partial charge is 0.0434 e. The van der Waals surface area contributed by atoms with Gasteiger partial charge < -0.3 is 0 Å². The van der Waals surface area contributed by atoms with Crippen LogP contribution in [0.5, 0.6) is 0 Å². The number of nitrogens with zero attached hydrogens (tertiary/aromatic N) is 1. The van der Waals surface area contributed by atoms with Crippen molar-refractivity contribution in [3.63, 3.8) is 0 Å². The van der Waals surface area contributed by atoms with Gasteiger partial charge in [0.1, 0.15) is 0 Å². The summed E-state index contributed by atoms with van der Waals surface area (Å²) in [6.45, 7) is 4.24. The Bertz CT molecular complexity index is 238. The van der Waals surface area contributed by atoms with Crippen molar-refractivity contribution in [3.05, 3.63) is 42.2 Å². The fraction of sp³-hybridized carbons (Fsp3) is 0.364. The third kappa shape index (κ3) is 2.50. The summed E-state index contributed by atoms with van der Waals surface area (Å²) in [6, 6.07) is 6.06. The predicted octanol–water partition coefficient (Wildman–Crippen LogP) is 3.15. The molecule has 0 bridgehead atoms. The number of hydrogen-bond acceptors (Lipinski definition) is 1. The summed E-state index contributed by atoms with van der Waals surface area (Å²) in [5.74, 6) is 0.530. The van der Waals surface area contributed by atoms with Crippen LogP contribution < -0.4 is 0 Å². The van der Waals surface area contributed by atoms with E-state index in [1.165, 1.54) is 5.69 Å². The monoisotopic (exact) mass is 161 g/mol. The second-order valence-corrected chi connectivity index (χ2v) is 2.96. The van der Waals surface area contributed by atoms with Gasteiger partial charge in [0.2, 0.25) is 0 Å². The molecule has 0 aliphatic carbocycles. The van der Waals surface area contributed by atoms with Gasteiger partial charge in [0.05, 0.1) is 0 Å². The van der Waals surface area contributed by atoms with Crippen LogP contribution in [0, 0.1) is 0 Å². The summed E-state index contributed by atoms with van der Waals surface area (Å²) < 4.78 is 0. The molecular formula is C11H15N. The highest BCUT2D eigenvalue weighted by Crippen LogP contribution is 2.15. The van der Waals surface area contributed by atoms with Crippen LogP contribution in [0.25, 0.3) is 0 Å². The van der Waals surface area contributed by atoms with E-state index in [1.54, 1.807) is 0 Å². The van der Waals surface area contributed by atoms with E-state index in [9.17, 15) is 0 Å². The van der Waals surface area contributed by atoms with Crippen LogP contribution in [0.2, 0.25) is 0 Å². The Morgan fingerprint density at radius 2 is 2.33 bits per heavy atom. The Morgan fingerprint density at radius 1 is 1.50 bits per heavy atom. The quantitative estimate of drug-likeness (QED) is 0.620. The Kier molecular flexibility index (Phi) is 3.52. The lowest BCUT2D eigenvalue weighted by Crippen LogP contribution is -1.94. The maximum atomic E-state index is 4.30. The average molecular weight is 161 g/mol. The normalized spacial score (nSPS) is 13.5. The van der Waals surface area contributed by atoms with Crippen molar-refractivity contribution in [3.8, 4) is 0 Å². The molecule has 1 heterocycles. The van der Waals surface area contributed by atoms with E-state index in [1.807, 2.05) is 25.3 Å². The maximum Gasteiger partial charge on any atom is 0.0434 e. The van der Waals surface area contributed by atoms with E-state index < -0.39 is 0 Å². The highest BCUT2D eigenvalue weighted by atomic mass is 14.7. The Labute approximate surface area is 74.2 Å². The zero-order valence-corrected chi connectivity index (χ0v) is 7.70. The van der Waals surface area contributed by atoms with Gasteiger partial charge in [-0.3, -0.25) is 4.98 Å². The van der Waals surface area contributed by atoms with Gasteiger partial charge in [0, 0.05) is 17.8 Å². The van der Waals surface area contributed by atoms with Crippen LogP contribution in [0.15, 0.2) is 36.5 Å². The standard InChI is InChI=1S/C11H15N/c1-3-4-7-10(2)11-8-5-6-9-12-11/h3-6,8-10H,7H2,1-2H3/b4-3+. The minimum absolute atomic E-state index is 0.530. The largest absolute Gasteiger partial charge is 0.261 e. The van der Waals surface area contributed by atoms with Crippen LogP contribution in [0.4, 0.5) is 0 Å². The minimum Gasteiger partial charge on any atom is -0.261 e. The molecule has 0 radical (unpaired) electrons. The van der Waals surface area contributed by atoms with Crippen molar-refractivity contribution >= 4 is 0 Å². The van der Waals surface area contributed by atoms with Crippen molar-refractivity contribution in [2.75, 3.05) is 0 Å². The zero-order valence-electron chi connectivity index (χ0n) is 7.70. The second-order valence-electron chi connectivity index (χ2n) is 2.96. The van der Waals surface area contributed by atoms with Crippen LogP contribution in [0.3, 0.4) is 0 Å².